The maximum Gasteiger partial charge on any atom is 0.163 e. The third-order valence-corrected chi connectivity index (χ3v) is 4.71. The van der Waals surface area contributed by atoms with Crippen molar-refractivity contribution < 1.29 is 4.74 Å². The first-order valence-corrected chi connectivity index (χ1v) is 10.7. The van der Waals surface area contributed by atoms with Crippen LogP contribution in [0.3, 0.4) is 0 Å². The van der Waals surface area contributed by atoms with Gasteiger partial charge in [0.15, 0.2) is 11.6 Å². The number of hydrogen-bond donors (Lipinski definition) is 1. The van der Waals surface area contributed by atoms with Crippen LogP contribution in [0.4, 0.5) is 5.82 Å². The molecule has 0 unspecified atom stereocenters. The van der Waals surface area contributed by atoms with Crippen LogP contribution >= 0.6 is 11.6 Å². The van der Waals surface area contributed by atoms with Gasteiger partial charge in [-0.1, -0.05) is 74.5 Å². The molecule has 1 N–H and O–H groups in total. The summed E-state index contributed by atoms with van der Waals surface area (Å²) in [5.74, 6) is 1.97. The lowest BCUT2D eigenvalue weighted by Gasteiger charge is -2.06. The van der Waals surface area contributed by atoms with Gasteiger partial charge < -0.3 is 4.74 Å². The molecule has 1 heterocycles. The van der Waals surface area contributed by atoms with Crippen molar-refractivity contribution in [3.8, 4) is 17.1 Å². The van der Waals surface area contributed by atoms with Gasteiger partial charge in [0, 0.05) is 11.6 Å². The summed E-state index contributed by atoms with van der Waals surface area (Å²) < 4.78 is 5.79. The number of unbranched alkanes of at least 4 members (excludes halogenated alkanes) is 4. The summed E-state index contributed by atoms with van der Waals surface area (Å²) in [5.41, 5.74) is 4.78. The van der Waals surface area contributed by atoms with Crippen molar-refractivity contribution in [2.24, 2.45) is 5.10 Å². The summed E-state index contributed by atoms with van der Waals surface area (Å²) in [6.07, 6.45) is 7.90. The minimum Gasteiger partial charge on any atom is -0.494 e. The Hall–Kier alpha value is -2.92. The summed E-state index contributed by atoms with van der Waals surface area (Å²) in [6, 6.07) is 19.2. The van der Waals surface area contributed by atoms with Crippen molar-refractivity contribution in [2.45, 2.75) is 39.0 Å². The lowest BCUT2D eigenvalue weighted by Crippen LogP contribution is -1.98. The monoisotopic (exact) mass is 422 g/mol. The normalized spacial score (nSPS) is 11.0. The van der Waals surface area contributed by atoms with Crippen LogP contribution in [0.5, 0.6) is 5.75 Å². The van der Waals surface area contributed by atoms with Crippen molar-refractivity contribution in [1.82, 2.24) is 9.97 Å². The predicted molar refractivity (Wildman–Crippen MR) is 124 cm³/mol. The van der Waals surface area contributed by atoms with Crippen LogP contribution in [0.2, 0.25) is 5.15 Å². The van der Waals surface area contributed by atoms with Gasteiger partial charge in [-0.05, 0) is 36.2 Å². The number of ether oxygens (including phenoxy) is 1. The molecule has 0 amide bonds. The van der Waals surface area contributed by atoms with Crippen LogP contribution in [0.25, 0.3) is 11.4 Å². The Balaban J connectivity index is 1.51. The van der Waals surface area contributed by atoms with Gasteiger partial charge in [0.1, 0.15) is 10.9 Å². The summed E-state index contributed by atoms with van der Waals surface area (Å²) in [4.78, 5) is 8.74. The Labute approximate surface area is 183 Å². The standard InChI is InChI=1S/C24H27ClN4O/c1-2-3-4-5-9-16-30-21-14-12-19(13-15-21)18-26-29-23-17-22(25)27-24(28-23)20-10-7-6-8-11-20/h6-8,10-15,17-18H,2-5,9,16H2,1H3,(H,27,28,29). The zero-order chi connectivity index (χ0) is 21.0. The molecule has 0 radical (unpaired) electrons. The number of hydrogen-bond acceptors (Lipinski definition) is 5. The molecule has 0 saturated carbocycles. The fraction of sp³-hybridized carbons (Fsp3) is 0.292. The first kappa shape index (κ1) is 21.8. The highest BCUT2D eigenvalue weighted by Crippen LogP contribution is 2.20. The zero-order valence-electron chi connectivity index (χ0n) is 17.2. The van der Waals surface area contributed by atoms with Crippen molar-refractivity contribution in [1.29, 1.82) is 0 Å². The molecule has 1 aromatic heterocycles. The highest BCUT2D eigenvalue weighted by molar-refractivity contribution is 6.29. The van der Waals surface area contributed by atoms with Gasteiger partial charge in [-0.3, -0.25) is 5.43 Å². The van der Waals surface area contributed by atoms with Crippen LogP contribution in [0.1, 0.15) is 44.6 Å². The van der Waals surface area contributed by atoms with Gasteiger partial charge >= 0.3 is 0 Å². The molecule has 3 rings (SSSR count). The molecule has 2 aromatic carbocycles. The fourth-order valence-corrected chi connectivity index (χ4v) is 3.09. The molecular formula is C24H27ClN4O. The lowest BCUT2D eigenvalue weighted by molar-refractivity contribution is 0.304. The molecule has 156 valence electrons. The molecule has 0 bridgehead atoms. The van der Waals surface area contributed by atoms with Crippen LogP contribution < -0.4 is 10.2 Å². The fourth-order valence-electron chi connectivity index (χ4n) is 2.91. The van der Waals surface area contributed by atoms with E-state index < -0.39 is 0 Å². The smallest absolute Gasteiger partial charge is 0.163 e. The predicted octanol–water partition coefficient (Wildman–Crippen LogP) is 6.59. The average molecular weight is 423 g/mol. The van der Waals surface area contributed by atoms with E-state index in [2.05, 4.69) is 27.4 Å². The van der Waals surface area contributed by atoms with Gasteiger partial charge in [0.25, 0.3) is 0 Å². The topological polar surface area (TPSA) is 59.4 Å². The molecule has 0 aliphatic heterocycles. The van der Waals surface area contributed by atoms with E-state index in [4.69, 9.17) is 16.3 Å². The molecule has 0 aliphatic rings. The highest BCUT2D eigenvalue weighted by Gasteiger charge is 2.05. The number of anilines is 1. The summed E-state index contributed by atoms with van der Waals surface area (Å²) in [5, 5.41) is 4.62. The van der Waals surface area contributed by atoms with E-state index in [0.717, 1.165) is 29.9 Å². The van der Waals surface area contributed by atoms with Crippen molar-refractivity contribution >= 4 is 23.6 Å². The third-order valence-electron chi connectivity index (χ3n) is 4.52. The van der Waals surface area contributed by atoms with E-state index >= 15 is 0 Å². The molecule has 6 heteroatoms. The molecule has 30 heavy (non-hydrogen) atoms. The molecule has 0 fully saturated rings. The van der Waals surface area contributed by atoms with Gasteiger partial charge in [-0.25, -0.2) is 9.97 Å². The summed E-state index contributed by atoms with van der Waals surface area (Å²) in [6.45, 7) is 2.98. The van der Waals surface area contributed by atoms with E-state index in [1.807, 2.05) is 54.6 Å². The molecular weight excluding hydrogens is 396 g/mol. The second-order valence-corrected chi connectivity index (χ2v) is 7.35. The van der Waals surface area contributed by atoms with E-state index in [9.17, 15) is 0 Å². The van der Waals surface area contributed by atoms with Crippen LogP contribution in [0.15, 0.2) is 65.8 Å². The van der Waals surface area contributed by atoms with Crippen molar-refractivity contribution in [2.75, 3.05) is 12.0 Å². The number of aromatic nitrogens is 2. The largest absolute Gasteiger partial charge is 0.494 e. The number of nitrogens with zero attached hydrogens (tertiary/aromatic N) is 3. The highest BCUT2D eigenvalue weighted by atomic mass is 35.5. The SMILES string of the molecule is CCCCCCCOc1ccc(C=NNc2cc(Cl)nc(-c3ccccc3)n2)cc1. The molecule has 5 nitrogen and oxygen atoms in total. The molecule has 0 saturated heterocycles. The van der Waals surface area contributed by atoms with Crippen LogP contribution in [0, 0.1) is 0 Å². The second-order valence-electron chi connectivity index (χ2n) is 6.97. The van der Waals surface area contributed by atoms with Gasteiger partial charge in [0.2, 0.25) is 0 Å². The summed E-state index contributed by atoms with van der Waals surface area (Å²) in [7, 11) is 0. The number of nitrogens with one attached hydrogen (secondary N) is 1. The number of halogens is 1. The average Bonchev–Trinajstić information content (AvgIpc) is 2.77. The Bertz CT molecular complexity index is 930. The molecule has 0 atom stereocenters. The summed E-state index contributed by atoms with van der Waals surface area (Å²) >= 11 is 6.13. The number of hydrazone groups is 1. The van der Waals surface area contributed by atoms with Gasteiger partial charge in [0.05, 0.1) is 12.8 Å². The number of benzene rings is 2. The van der Waals surface area contributed by atoms with Crippen LogP contribution in [-0.2, 0) is 0 Å². The van der Waals surface area contributed by atoms with E-state index in [0.29, 0.717) is 16.8 Å². The van der Waals surface area contributed by atoms with E-state index in [-0.39, 0.29) is 0 Å². The maximum absolute atomic E-state index is 6.13. The Morgan fingerprint density at radius 3 is 2.50 bits per heavy atom. The zero-order valence-corrected chi connectivity index (χ0v) is 18.0. The number of rotatable bonds is 11. The molecule has 3 aromatic rings. The molecule has 0 spiro atoms. The van der Waals surface area contributed by atoms with Crippen molar-refractivity contribution in [3.05, 3.63) is 71.4 Å². The van der Waals surface area contributed by atoms with Crippen LogP contribution in [-0.4, -0.2) is 22.8 Å². The first-order chi connectivity index (χ1) is 14.7. The van der Waals surface area contributed by atoms with Gasteiger partial charge in [-0.2, -0.15) is 5.10 Å². The van der Waals surface area contributed by atoms with E-state index in [1.54, 1.807) is 12.3 Å². The lowest BCUT2D eigenvalue weighted by atomic mass is 10.2. The molecule has 0 aliphatic carbocycles. The Kier molecular flexibility index (Phi) is 8.66. The maximum atomic E-state index is 6.13. The first-order valence-electron chi connectivity index (χ1n) is 10.4. The minimum atomic E-state index is 0.359. The van der Waals surface area contributed by atoms with Gasteiger partial charge in [-0.15, -0.1) is 0 Å². The second kappa shape index (κ2) is 11.9. The Morgan fingerprint density at radius 1 is 0.967 bits per heavy atom. The quantitative estimate of drug-likeness (QED) is 0.164. The minimum absolute atomic E-state index is 0.359. The van der Waals surface area contributed by atoms with Crippen molar-refractivity contribution in [3.63, 3.8) is 0 Å². The Morgan fingerprint density at radius 2 is 1.73 bits per heavy atom. The van der Waals surface area contributed by atoms with E-state index in [1.165, 1.54) is 25.7 Å². The third kappa shape index (κ3) is 7.16.